The topological polar surface area (TPSA) is 59.5 Å². The first-order chi connectivity index (χ1) is 7.98. The molecule has 0 spiro atoms. The lowest BCUT2D eigenvalue weighted by Gasteiger charge is -2.29. The number of nitrogens with zero attached hydrogens (tertiary/aromatic N) is 1. The van der Waals surface area contributed by atoms with Crippen molar-refractivity contribution in [3.63, 3.8) is 0 Å². The van der Waals surface area contributed by atoms with Gasteiger partial charge in [0.05, 0.1) is 12.1 Å². The fraction of sp³-hybridized carbons (Fsp3) is 0.615. The van der Waals surface area contributed by atoms with E-state index in [0.717, 1.165) is 0 Å². The molecule has 0 aliphatic heterocycles. The maximum atomic E-state index is 12.2. The van der Waals surface area contributed by atoms with Crippen LogP contribution < -0.4 is 5.73 Å². The van der Waals surface area contributed by atoms with Gasteiger partial charge in [0.1, 0.15) is 12.0 Å². The van der Waals surface area contributed by atoms with Crippen molar-refractivity contribution in [3.8, 4) is 0 Å². The third kappa shape index (κ3) is 2.22. The Morgan fingerprint density at radius 3 is 2.76 bits per heavy atom. The molecule has 4 heteroatoms. The molecule has 1 unspecified atom stereocenters. The van der Waals surface area contributed by atoms with Gasteiger partial charge in [-0.15, -0.1) is 0 Å². The number of hydrogen-bond acceptors (Lipinski definition) is 3. The molecule has 1 amide bonds. The van der Waals surface area contributed by atoms with Crippen LogP contribution in [0.4, 0.5) is 0 Å². The monoisotopic (exact) mass is 236 g/mol. The molecule has 1 aliphatic carbocycles. The van der Waals surface area contributed by atoms with Gasteiger partial charge in [-0.05, 0) is 31.2 Å². The van der Waals surface area contributed by atoms with Crippen molar-refractivity contribution in [2.75, 3.05) is 7.05 Å². The fourth-order valence-corrected chi connectivity index (χ4v) is 2.06. The van der Waals surface area contributed by atoms with E-state index in [4.69, 9.17) is 10.2 Å². The van der Waals surface area contributed by atoms with Crippen molar-refractivity contribution in [2.24, 2.45) is 11.1 Å². The van der Waals surface area contributed by atoms with Crippen molar-refractivity contribution in [1.82, 2.24) is 4.90 Å². The first kappa shape index (κ1) is 12.2. The lowest BCUT2D eigenvalue weighted by atomic mass is 9.99. The quantitative estimate of drug-likeness (QED) is 0.869. The minimum Gasteiger partial charge on any atom is -0.467 e. The van der Waals surface area contributed by atoms with E-state index in [1.807, 2.05) is 7.05 Å². The van der Waals surface area contributed by atoms with Gasteiger partial charge in [0, 0.05) is 13.1 Å². The van der Waals surface area contributed by atoms with Gasteiger partial charge < -0.3 is 15.1 Å². The standard InChI is InChI=1S/C13H20N2O2/c1-9(13(2)4-5-13)15(3)12(16)10-6-11(7-14)17-8-10/h6,8-9H,4-5,7,14H2,1-3H3. The maximum absolute atomic E-state index is 12.2. The predicted octanol–water partition coefficient (Wildman–Crippen LogP) is 2.00. The molecule has 1 aromatic rings. The van der Waals surface area contributed by atoms with Crippen LogP contribution in [0, 0.1) is 5.41 Å². The molecule has 0 radical (unpaired) electrons. The molecule has 1 atom stereocenters. The number of hydrogen-bond donors (Lipinski definition) is 1. The Kier molecular flexibility index (Phi) is 3.00. The Balaban J connectivity index is 2.08. The Morgan fingerprint density at radius 1 is 1.65 bits per heavy atom. The van der Waals surface area contributed by atoms with Crippen molar-refractivity contribution >= 4 is 5.91 Å². The van der Waals surface area contributed by atoms with E-state index in [2.05, 4.69) is 13.8 Å². The minimum absolute atomic E-state index is 0.00840. The molecule has 0 aromatic carbocycles. The van der Waals surface area contributed by atoms with Crippen molar-refractivity contribution < 1.29 is 9.21 Å². The Morgan fingerprint density at radius 2 is 2.29 bits per heavy atom. The summed E-state index contributed by atoms with van der Waals surface area (Å²) in [6, 6.07) is 1.98. The van der Waals surface area contributed by atoms with E-state index >= 15 is 0 Å². The molecule has 1 aliphatic rings. The van der Waals surface area contributed by atoms with Crippen molar-refractivity contribution in [3.05, 3.63) is 23.7 Å². The van der Waals surface area contributed by atoms with E-state index < -0.39 is 0 Å². The molecule has 4 nitrogen and oxygen atoms in total. The third-order valence-electron chi connectivity index (χ3n) is 4.05. The second kappa shape index (κ2) is 4.18. The highest BCUT2D eigenvalue weighted by Crippen LogP contribution is 2.49. The highest BCUT2D eigenvalue weighted by Gasteiger charge is 2.45. The number of rotatable bonds is 4. The van der Waals surface area contributed by atoms with Crippen LogP contribution in [0.25, 0.3) is 0 Å². The SMILES string of the molecule is CC(N(C)C(=O)c1coc(CN)c1)C1(C)CC1. The number of furan rings is 1. The van der Waals surface area contributed by atoms with Gasteiger partial charge in [0.25, 0.3) is 5.91 Å². The Bertz CT molecular complexity index is 421. The molecule has 1 saturated carbocycles. The molecule has 1 heterocycles. The van der Waals surface area contributed by atoms with Gasteiger partial charge in [0.2, 0.25) is 0 Å². The maximum Gasteiger partial charge on any atom is 0.257 e. The molecular weight excluding hydrogens is 216 g/mol. The van der Waals surface area contributed by atoms with Gasteiger partial charge in [0.15, 0.2) is 0 Å². The summed E-state index contributed by atoms with van der Waals surface area (Å²) >= 11 is 0. The van der Waals surface area contributed by atoms with E-state index in [0.29, 0.717) is 23.3 Å². The van der Waals surface area contributed by atoms with Crippen LogP contribution in [-0.2, 0) is 6.54 Å². The summed E-state index contributed by atoms with van der Waals surface area (Å²) in [6.07, 6.45) is 3.89. The molecule has 1 aromatic heterocycles. The van der Waals surface area contributed by atoms with Gasteiger partial charge in [-0.1, -0.05) is 6.92 Å². The fourth-order valence-electron chi connectivity index (χ4n) is 2.06. The van der Waals surface area contributed by atoms with Gasteiger partial charge in [-0.25, -0.2) is 0 Å². The second-order valence-corrected chi connectivity index (χ2v) is 5.25. The zero-order valence-electron chi connectivity index (χ0n) is 10.7. The van der Waals surface area contributed by atoms with Crippen LogP contribution in [0.5, 0.6) is 0 Å². The second-order valence-electron chi connectivity index (χ2n) is 5.25. The van der Waals surface area contributed by atoms with E-state index in [9.17, 15) is 4.79 Å². The molecule has 0 saturated heterocycles. The molecular formula is C13H20N2O2. The molecule has 94 valence electrons. The van der Waals surface area contributed by atoms with Crippen molar-refractivity contribution in [2.45, 2.75) is 39.3 Å². The number of carbonyl (C=O) groups excluding carboxylic acids is 1. The van der Waals surface area contributed by atoms with Gasteiger partial charge in [-0.3, -0.25) is 4.79 Å². The Labute approximate surface area is 102 Å². The molecule has 2 N–H and O–H groups in total. The first-order valence-electron chi connectivity index (χ1n) is 6.02. The summed E-state index contributed by atoms with van der Waals surface area (Å²) in [5.74, 6) is 0.654. The molecule has 17 heavy (non-hydrogen) atoms. The van der Waals surface area contributed by atoms with Crippen molar-refractivity contribution in [1.29, 1.82) is 0 Å². The average Bonchev–Trinajstić information content (AvgIpc) is 2.92. The van der Waals surface area contributed by atoms with Crippen LogP contribution in [0.15, 0.2) is 16.7 Å². The summed E-state index contributed by atoms with van der Waals surface area (Å²) in [4.78, 5) is 14.0. The molecule has 1 fully saturated rings. The van der Waals surface area contributed by atoms with Gasteiger partial charge >= 0.3 is 0 Å². The normalized spacial score (nSPS) is 18.8. The zero-order chi connectivity index (χ0) is 12.6. The number of nitrogens with two attached hydrogens (primary N) is 1. The van der Waals surface area contributed by atoms with Crippen LogP contribution in [-0.4, -0.2) is 23.9 Å². The molecule has 0 bridgehead atoms. The van der Waals surface area contributed by atoms with Crippen LogP contribution in [0.2, 0.25) is 0 Å². The Hall–Kier alpha value is -1.29. The zero-order valence-corrected chi connectivity index (χ0v) is 10.7. The smallest absolute Gasteiger partial charge is 0.257 e. The number of carbonyl (C=O) groups is 1. The average molecular weight is 236 g/mol. The summed E-state index contributed by atoms with van der Waals surface area (Å²) in [5.41, 5.74) is 6.34. The minimum atomic E-state index is 0.00840. The lowest BCUT2D eigenvalue weighted by Crippen LogP contribution is -2.39. The molecule has 2 rings (SSSR count). The number of amides is 1. The summed E-state index contributed by atoms with van der Waals surface area (Å²) < 4.78 is 5.19. The third-order valence-corrected chi connectivity index (χ3v) is 4.05. The highest BCUT2D eigenvalue weighted by molar-refractivity contribution is 5.94. The van der Waals surface area contributed by atoms with E-state index in [1.165, 1.54) is 19.1 Å². The van der Waals surface area contributed by atoms with Gasteiger partial charge in [-0.2, -0.15) is 0 Å². The summed E-state index contributed by atoms with van der Waals surface area (Å²) in [5, 5.41) is 0. The highest BCUT2D eigenvalue weighted by atomic mass is 16.3. The predicted molar refractivity (Wildman–Crippen MR) is 65.5 cm³/mol. The summed E-state index contributed by atoms with van der Waals surface area (Å²) in [7, 11) is 1.85. The van der Waals surface area contributed by atoms with E-state index in [-0.39, 0.29) is 11.9 Å². The van der Waals surface area contributed by atoms with Crippen LogP contribution in [0.1, 0.15) is 42.8 Å². The first-order valence-corrected chi connectivity index (χ1v) is 6.02. The van der Waals surface area contributed by atoms with Crippen LogP contribution >= 0.6 is 0 Å². The largest absolute Gasteiger partial charge is 0.467 e. The lowest BCUT2D eigenvalue weighted by molar-refractivity contribution is 0.0684. The van der Waals surface area contributed by atoms with E-state index in [1.54, 1.807) is 11.0 Å². The summed E-state index contributed by atoms with van der Waals surface area (Å²) in [6.45, 7) is 4.65. The van der Waals surface area contributed by atoms with Crippen LogP contribution in [0.3, 0.4) is 0 Å².